The molecule has 1 atom stereocenters. The molecule has 1 unspecified atom stereocenters. The van der Waals surface area contributed by atoms with Gasteiger partial charge < -0.3 is 5.11 Å². The van der Waals surface area contributed by atoms with Crippen molar-refractivity contribution in [2.45, 2.75) is 24.3 Å². The van der Waals surface area contributed by atoms with Crippen LogP contribution in [0.15, 0.2) is 59.5 Å². The second-order valence-electron chi connectivity index (χ2n) is 5.05. The Morgan fingerprint density at radius 1 is 1.05 bits per heavy atom. The zero-order valence-electron chi connectivity index (χ0n) is 12.2. The number of carboxylic acids is 1. The van der Waals surface area contributed by atoms with E-state index in [4.69, 9.17) is 4.18 Å². The van der Waals surface area contributed by atoms with Gasteiger partial charge in [-0.1, -0.05) is 48.0 Å². The first-order valence-electron chi connectivity index (χ1n) is 6.57. The largest absolute Gasteiger partial charge is 0.479 e. The molecule has 116 valence electrons. The first-order chi connectivity index (χ1) is 10.3. The molecule has 22 heavy (non-hydrogen) atoms. The smallest absolute Gasteiger partial charge is 0.341 e. The average molecular weight is 320 g/mol. The quantitative estimate of drug-likeness (QED) is 0.857. The van der Waals surface area contributed by atoms with Gasteiger partial charge in [0.1, 0.15) is 0 Å². The lowest BCUT2D eigenvalue weighted by atomic mass is 9.97. The van der Waals surface area contributed by atoms with Crippen molar-refractivity contribution in [1.29, 1.82) is 0 Å². The first-order valence-corrected chi connectivity index (χ1v) is 7.98. The summed E-state index contributed by atoms with van der Waals surface area (Å²) in [6.45, 7) is 3.04. The van der Waals surface area contributed by atoms with E-state index < -0.39 is 21.7 Å². The van der Waals surface area contributed by atoms with Gasteiger partial charge in [-0.05, 0) is 31.5 Å². The summed E-state index contributed by atoms with van der Waals surface area (Å²) in [7, 11) is -4.21. The highest BCUT2D eigenvalue weighted by molar-refractivity contribution is 7.86. The van der Waals surface area contributed by atoms with Crippen LogP contribution >= 0.6 is 0 Å². The minimum atomic E-state index is -4.21. The van der Waals surface area contributed by atoms with Gasteiger partial charge in [0.15, 0.2) is 0 Å². The Hall–Kier alpha value is -2.18. The van der Waals surface area contributed by atoms with Gasteiger partial charge in [-0.3, -0.25) is 0 Å². The van der Waals surface area contributed by atoms with E-state index in [0.29, 0.717) is 0 Å². The summed E-state index contributed by atoms with van der Waals surface area (Å²) in [5, 5.41) is 9.45. The van der Waals surface area contributed by atoms with Crippen LogP contribution in [0.1, 0.15) is 18.1 Å². The molecule has 0 fully saturated rings. The number of carboxylic acid groups (broad SMARTS) is 1. The number of benzene rings is 2. The lowest BCUT2D eigenvalue weighted by Crippen LogP contribution is -2.37. The van der Waals surface area contributed by atoms with Crippen LogP contribution in [0.2, 0.25) is 0 Å². The second kappa shape index (κ2) is 5.90. The van der Waals surface area contributed by atoms with Gasteiger partial charge in [-0.15, -0.1) is 0 Å². The van der Waals surface area contributed by atoms with E-state index >= 15 is 0 Å². The Kier molecular flexibility index (Phi) is 4.35. The summed E-state index contributed by atoms with van der Waals surface area (Å²) in [5.41, 5.74) is -0.855. The molecule has 1 N–H and O–H groups in total. The van der Waals surface area contributed by atoms with Gasteiger partial charge in [-0.2, -0.15) is 8.42 Å². The average Bonchev–Trinajstić information content (AvgIpc) is 2.48. The number of aryl methyl sites for hydroxylation is 1. The van der Waals surface area contributed by atoms with Crippen molar-refractivity contribution in [2.75, 3.05) is 0 Å². The Morgan fingerprint density at radius 3 is 2.09 bits per heavy atom. The number of carbonyl (C=O) groups is 1. The Labute approximate surface area is 129 Å². The molecule has 0 aliphatic heterocycles. The maximum Gasteiger partial charge on any atom is 0.341 e. The molecule has 0 aliphatic carbocycles. The zero-order valence-corrected chi connectivity index (χ0v) is 13.0. The SMILES string of the molecule is Cc1ccc(S(=O)(=O)OC(C)(C(=O)O)c2ccccc2)cc1. The molecule has 2 rings (SSSR count). The van der Waals surface area contributed by atoms with Crippen molar-refractivity contribution in [3.63, 3.8) is 0 Å². The summed E-state index contributed by atoms with van der Waals surface area (Å²) in [6.07, 6.45) is 0. The van der Waals surface area contributed by atoms with Crippen molar-refractivity contribution in [2.24, 2.45) is 0 Å². The molecule has 0 radical (unpaired) electrons. The fourth-order valence-electron chi connectivity index (χ4n) is 1.94. The molecule has 2 aromatic carbocycles. The maximum absolute atomic E-state index is 12.4. The van der Waals surface area contributed by atoms with Crippen LogP contribution in [0.3, 0.4) is 0 Å². The zero-order chi connectivity index (χ0) is 16.4. The maximum atomic E-state index is 12.4. The van der Waals surface area contributed by atoms with Crippen LogP contribution in [0.25, 0.3) is 0 Å². The predicted molar refractivity (Wildman–Crippen MR) is 80.9 cm³/mol. The normalized spacial score (nSPS) is 14.3. The molecule has 0 aromatic heterocycles. The highest BCUT2D eigenvalue weighted by Crippen LogP contribution is 2.30. The molecule has 0 spiro atoms. The summed E-state index contributed by atoms with van der Waals surface area (Å²) < 4.78 is 29.8. The Balaban J connectivity index is 2.44. The molecular formula is C16H16O5S. The molecule has 2 aromatic rings. The van der Waals surface area contributed by atoms with E-state index in [0.717, 1.165) is 5.56 Å². The van der Waals surface area contributed by atoms with Gasteiger partial charge in [0, 0.05) is 0 Å². The van der Waals surface area contributed by atoms with E-state index in [-0.39, 0.29) is 10.5 Å². The minimum absolute atomic E-state index is 0.0819. The van der Waals surface area contributed by atoms with E-state index in [1.54, 1.807) is 30.3 Å². The van der Waals surface area contributed by atoms with E-state index in [1.807, 2.05) is 6.92 Å². The molecule has 6 heteroatoms. The molecule has 0 saturated heterocycles. The predicted octanol–water partition coefficient (Wildman–Crippen LogP) is 2.70. The van der Waals surface area contributed by atoms with Crippen LogP contribution in [0.4, 0.5) is 0 Å². The molecule has 0 amide bonds. The monoisotopic (exact) mass is 320 g/mol. The van der Waals surface area contributed by atoms with Crippen LogP contribution in [0.5, 0.6) is 0 Å². The summed E-state index contributed by atoms with van der Waals surface area (Å²) in [5.74, 6) is -1.38. The van der Waals surface area contributed by atoms with Crippen LogP contribution in [-0.2, 0) is 24.7 Å². The van der Waals surface area contributed by atoms with Gasteiger partial charge in [0.25, 0.3) is 10.1 Å². The number of hydrogen-bond acceptors (Lipinski definition) is 4. The van der Waals surface area contributed by atoms with Crippen LogP contribution < -0.4 is 0 Å². The topological polar surface area (TPSA) is 80.7 Å². The standard InChI is InChI=1S/C16H16O5S/c1-12-8-10-14(11-9-12)22(19,20)21-16(2,15(17)18)13-6-4-3-5-7-13/h3-11H,1-2H3,(H,17,18). The number of aliphatic carboxylic acids is 1. The molecule has 0 aliphatic rings. The molecule has 0 saturated carbocycles. The summed E-state index contributed by atoms with van der Waals surface area (Å²) in [6, 6.07) is 14.0. The number of hydrogen-bond donors (Lipinski definition) is 1. The Bertz CT molecular complexity index is 766. The fourth-order valence-corrected chi connectivity index (χ4v) is 3.11. The highest BCUT2D eigenvalue weighted by Gasteiger charge is 2.41. The third-order valence-corrected chi connectivity index (χ3v) is 4.72. The molecule has 0 heterocycles. The minimum Gasteiger partial charge on any atom is -0.479 e. The van der Waals surface area contributed by atoms with Gasteiger partial charge in [0.2, 0.25) is 5.60 Å². The summed E-state index contributed by atoms with van der Waals surface area (Å²) in [4.78, 5) is 11.5. The van der Waals surface area contributed by atoms with Crippen molar-refractivity contribution in [3.8, 4) is 0 Å². The third-order valence-electron chi connectivity index (χ3n) is 3.32. The van der Waals surface area contributed by atoms with Crippen molar-refractivity contribution < 1.29 is 22.5 Å². The van der Waals surface area contributed by atoms with Crippen LogP contribution in [-0.4, -0.2) is 19.5 Å². The van der Waals surface area contributed by atoms with E-state index in [1.165, 1.54) is 31.2 Å². The summed E-state index contributed by atoms with van der Waals surface area (Å²) >= 11 is 0. The van der Waals surface area contributed by atoms with Gasteiger partial charge in [0.05, 0.1) is 4.90 Å². The lowest BCUT2D eigenvalue weighted by Gasteiger charge is -2.25. The van der Waals surface area contributed by atoms with Crippen LogP contribution in [0, 0.1) is 6.92 Å². The first kappa shape index (κ1) is 16.2. The second-order valence-corrected chi connectivity index (χ2v) is 6.60. The molecule has 5 nitrogen and oxygen atoms in total. The van der Waals surface area contributed by atoms with Gasteiger partial charge >= 0.3 is 5.97 Å². The van der Waals surface area contributed by atoms with Gasteiger partial charge in [-0.25, -0.2) is 8.98 Å². The molecular weight excluding hydrogens is 304 g/mol. The Morgan fingerprint density at radius 2 is 1.59 bits per heavy atom. The highest BCUT2D eigenvalue weighted by atomic mass is 32.2. The van der Waals surface area contributed by atoms with E-state index in [9.17, 15) is 18.3 Å². The molecule has 0 bridgehead atoms. The number of rotatable bonds is 5. The van der Waals surface area contributed by atoms with Crippen molar-refractivity contribution >= 4 is 16.1 Å². The third kappa shape index (κ3) is 3.18. The fraction of sp³-hybridized carbons (Fsp3) is 0.188. The van der Waals surface area contributed by atoms with Crippen molar-refractivity contribution in [3.05, 3.63) is 65.7 Å². The lowest BCUT2D eigenvalue weighted by molar-refractivity contribution is -0.154. The van der Waals surface area contributed by atoms with E-state index in [2.05, 4.69) is 0 Å². The van der Waals surface area contributed by atoms with Crippen molar-refractivity contribution in [1.82, 2.24) is 0 Å².